The molecule has 4 rings (SSSR count). The topological polar surface area (TPSA) is 20.2 Å². The van der Waals surface area contributed by atoms with E-state index in [9.17, 15) is 5.11 Å². The van der Waals surface area contributed by atoms with E-state index in [1.165, 1.54) is 57.8 Å². The molecule has 0 unspecified atom stereocenters. The number of aliphatic hydroxyl groups is 1. The molecule has 176 valence electrons. The van der Waals surface area contributed by atoms with Crippen molar-refractivity contribution in [2.24, 2.45) is 46.3 Å². The van der Waals surface area contributed by atoms with Crippen molar-refractivity contribution < 1.29 is 5.11 Å². The van der Waals surface area contributed by atoms with Gasteiger partial charge < -0.3 is 5.11 Å². The van der Waals surface area contributed by atoms with E-state index in [0.717, 1.165) is 42.4 Å². The van der Waals surface area contributed by atoms with Crippen molar-refractivity contribution in [3.63, 3.8) is 0 Å². The Hall–Kier alpha value is -0.560. The SMILES string of the molecule is C/C=C(\C)[C@@H](CC)CC[C@@H](C)[C@H]1CC[C@H]2C3=CC[C@H]4C[C@@H](O)CC[C@]4(C)[C@H]3CC[C@]12C. The van der Waals surface area contributed by atoms with E-state index in [0.29, 0.717) is 16.7 Å². The van der Waals surface area contributed by atoms with Gasteiger partial charge in [0.25, 0.3) is 0 Å². The third kappa shape index (κ3) is 4.00. The van der Waals surface area contributed by atoms with Crippen molar-refractivity contribution in [3.05, 3.63) is 23.3 Å². The van der Waals surface area contributed by atoms with Gasteiger partial charge in [0.15, 0.2) is 0 Å². The maximum atomic E-state index is 10.3. The van der Waals surface area contributed by atoms with Crippen LogP contribution in [0.5, 0.6) is 0 Å². The molecule has 0 aromatic carbocycles. The summed E-state index contributed by atoms with van der Waals surface area (Å²) < 4.78 is 0. The summed E-state index contributed by atoms with van der Waals surface area (Å²) in [6.07, 6.45) is 19.3. The number of aliphatic hydroxyl groups excluding tert-OH is 1. The Morgan fingerprint density at radius 3 is 2.52 bits per heavy atom. The van der Waals surface area contributed by atoms with Gasteiger partial charge in [-0.05, 0) is 131 Å². The summed E-state index contributed by atoms with van der Waals surface area (Å²) in [5, 5.41) is 10.3. The zero-order valence-corrected chi connectivity index (χ0v) is 21.4. The fraction of sp³-hybridized carbons (Fsp3) is 0.867. The predicted octanol–water partition coefficient (Wildman–Crippen LogP) is 8.34. The van der Waals surface area contributed by atoms with Crippen LogP contribution in [0.4, 0.5) is 0 Å². The summed E-state index contributed by atoms with van der Waals surface area (Å²) in [6, 6.07) is 0. The fourth-order valence-corrected chi connectivity index (χ4v) is 9.12. The van der Waals surface area contributed by atoms with Crippen molar-refractivity contribution in [1.29, 1.82) is 0 Å². The molecule has 0 aliphatic heterocycles. The average Bonchev–Trinajstić information content (AvgIpc) is 3.11. The van der Waals surface area contributed by atoms with Crippen LogP contribution >= 0.6 is 0 Å². The number of hydrogen-bond acceptors (Lipinski definition) is 1. The van der Waals surface area contributed by atoms with E-state index in [2.05, 4.69) is 53.7 Å². The Morgan fingerprint density at radius 1 is 1.10 bits per heavy atom. The largest absolute Gasteiger partial charge is 0.393 e. The molecule has 0 aromatic heterocycles. The van der Waals surface area contributed by atoms with Crippen LogP contribution in [0.1, 0.15) is 112 Å². The molecule has 0 heterocycles. The second-order valence-corrected chi connectivity index (χ2v) is 12.6. The zero-order valence-electron chi connectivity index (χ0n) is 21.4. The van der Waals surface area contributed by atoms with Crippen LogP contribution in [0.3, 0.4) is 0 Å². The minimum absolute atomic E-state index is 0.0447. The van der Waals surface area contributed by atoms with Gasteiger partial charge in [-0.2, -0.15) is 0 Å². The van der Waals surface area contributed by atoms with Gasteiger partial charge in [0.1, 0.15) is 0 Å². The molecule has 0 aromatic rings. The fourth-order valence-electron chi connectivity index (χ4n) is 9.12. The molecule has 3 saturated carbocycles. The van der Waals surface area contributed by atoms with Gasteiger partial charge in [0.05, 0.1) is 6.10 Å². The van der Waals surface area contributed by atoms with Crippen molar-refractivity contribution in [2.75, 3.05) is 0 Å². The van der Waals surface area contributed by atoms with E-state index in [1.54, 1.807) is 5.57 Å². The summed E-state index contributed by atoms with van der Waals surface area (Å²) >= 11 is 0. The molecule has 0 saturated heterocycles. The highest BCUT2D eigenvalue weighted by Crippen LogP contribution is 2.67. The molecule has 4 aliphatic carbocycles. The van der Waals surface area contributed by atoms with Crippen LogP contribution in [0.2, 0.25) is 0 Å². The number of hydrogen-bond donors (Lipinski definition) is 1. The Kier molecular flexibility index (Phi) is 6.85. The van der Waals surface area contributed by atoms with Gasteiger partial charge in [-0.15, -0.1) is 0 Å². The Balaban J connectivity index is 1.48. The Morgan fingerprint density at radius 2 is 1.81 bits per heavy atom. The standard InChI is InChI=1S/C30H50O/c1-7-20(3)22(8-2)10-9-21(4)26-13-14-27-25-12-11-23-19-24(31)15-17-29(23,5)28(25)16-18-30(26,27)6/h7,12,21-24,26-28,31H,8-11,13-19H2,1-6H3/b20-7+/t21-,22+,23+,24+,26-,27+,28+,29+,30-/m1/s1. The molecule has 1 heteroatoms. The van der Waals surface area contributed by atoms with E-state index in [-0.39, 0.29) is 6.10 Å². The summed E-state index contributed by atoms with van der Waals surface area (Å²) in [5.74, 6) is 4.89. The quantitative estimate of drug-likeness (QED) is 0.423. The highest BCUT2D eigenvalue weighted by molar-refractivity contribution is 5.27. The first-order valence-corrected chi connectivity index (χ1v) is 13.7. The molecule has 1 N–H and O–H groups in total. The normalized spacial score (nSPS) is 44.7. The van der Waals surface area contributed by atoms with Crippen LogP contribution in [-0.4, -0.2) is 11.2 Å². The first-order valence-electron chi connectivity index (χ1n) is 13.7. The van der Waals surface area contributed by atoms with Crippen LogP contribution in [-0.2, 0) is 0 Å². The molecule has 4 aliphatic rings. The molecule has 0 amide bonds. The van der Waals surface area contributed by atoms with Crippen molar-refractivity contribution in [3.8, 4) is 0 Å². The monoisotopic (exact) mass is 426 g/mol. The maximum Gasteiger partial charge on any atom is 0.0543 e. The Bertz CT molecular complexity index is 703. The number of fused-ring (bicyclic) bond motifs is 5. The van der Waals surface area contributed by atoms with Crippen LogP contribution in [0, 0.1) is 46.3 Å². The van der Waals surface area contributed by atoms with Crippen LogP contribution in [0.25, 0.3) is 0 Å². The van der Waals surface area contributed by atoms with Crippen molar-refractivity contribution >= 4 is 0 Å². The third-order valence-electron chi connectivity index (χ3n) is 11.4. The maximum absolute atomic E-state index is 10.3. The van der Waals surface area contributed by atoms with Gasteiger partial charge in [0.2, 0.25) is 0 Å². The third-order valence-corrected chi connectivity index (χ3v) is 11.4. The second-order valence-electron chi connectivity index (χ2n) is 12.6. The molecule has 0 bridgehead atoms. The lowest BCUT2D eigenvalue weighted by atomic mass is 9.47. The molecule has 1 nitrogen and oxygen atoms in total. The number of allylic oxidation sites excluding steroid dienone is 4. The molecule has 3 fully saturated rings. The van der Waals surface area contributed by atoms with Gasteiger partial charge in [-0.3, -0.25) is 0 Å². The smallest absolute Gasteiger partial charge is 0.0543 e. The molecular formula is C30H50O. The molecular weight excluding hydrogens is 376 g/mol. The zero-order chi connectivity index (χ0) is 22.4. The van der Waals surface area contributed by atoms with Gasteiger partial charge in [0, 0.05) is 0 Å². The highest BCUT2D eigenvalue weighted by Gasteiger charge is 2.58. The first kappa shape index (κ1) is 23.6. The van der Waals surface area contributed by atoms with E-state index < -0.39 is 0 Å². The average molecular weight is 427 g/mol. The van der Waals surface area contributed by atoms with E-state index >= 15 is 0 Å². The minimum atomic E-state index is -0.0447. The van der Waals surface area contributed by atoms with Gasteiger partial charge in [-0.25, -0.2) is 0 Å². The molecule has 31 heavy (non-hydrogen) atoms. The minimum Gasteiger partial charge on any atom is -0.393 e. The van der Waals surface area contributed by atoms with E-state index in [1.807, 2.05) is 5.57 Å². The molecule has 9 atom stereocenters. The second kappa shape index (κ2) is 9.00. The van der Waals surface area contributed by atoms with Crippen LogP contribution in [0.15, 0.2) is 23.3 Å². The summed E-state index contributed by atoms with van der Waals surface area (Å²) in [4.78, 5) is 0. The summed E-state index contributed by atoms with van der Waals surface area (Å²) in [5.41, 5.74) is 4.44. The van der Waals surface area contributed by atoms with Gasteiger partial charge in [-0.1, -0.05) is 51.0 Å². The van der Waals surface area contributed by atoms with E-state index in [4.69, 9.17) is 0 Å². The van der Waals surface area contributed by atoms with Crippen molar-refractivity contribution in [1.82, 2.24) is 0 Å². The summed E-state index contributed by atoms with van der Waals surface area (Å²) in [6.45, 7) is 14.8. The lowest BCUT2D eigenvalue weighted by Crippen LogP contribution is -2.49. The lowest BCUT2D eigenvalue weighted by Gasteiger charge is -2.57. The highest BCUT2D eigenvalue weighted by atomic mass is 16.3. The molecule has 0 radical (unpaired) electrons. The number of rotatable bonds is 6. The first-order chi connectivity index (χ1) is 14.7. The lowest BCUT2D eigenvalue weighted by molar-refractivity contribution is -0.0428. The summed E-state index contributed by atoms with van der Waals surface area (Å²) in [7, 11) is 0. The Labute approximate surface area is 193 Å². The van der Waals surface area contributed by atoms with Crippen molar-refractivity contribution in [2.45, 2.75) is 118 Å². The predicted molar refractivity (Wildman–Crippen MR) is 133 cm³/mol. The molecule has 0 spiro atoms. The van der Waals surface area contributed by atoms with Gasteiger partial charge >= 0.3 is 0 Å². The van der Waals surface area contributed by atoms with Crippen LogP contribution < -0.4 is 0 Å².